The fraction of sp³-hybridized carbons (Fsp3) is 0.750. The zero-order valence-corrected chi connectivity index (χ0v) is 23.5. The Morgan fingerprint density at radius 3 is 1.40 bits per heavy atom. The second kappa shape index (κ2) is 13.5. The first-order valence-corrected chi connectivity index (χ1v) is 14.3. The van der Waals surface area contributed by atoms with Gasteiger partial charge in [0.1, 0.15) is 5.75 Å². The van der Waals surface area contributed by atoms with Crippen LogP contribution < -0.4 is 4.74 Å². The third-order valence-corrected chi connectivity index (χ3v) is 8.15. The van der Waals surface area contributed by atoms with E-state index in [0.717, 1.165) is 44.2 Å². The van der Waals surface area contributed by atoms with Gasteiger partial charge in [-0.05, 0) is 30.7 Å². The maximum atomic E-state index is 14.1. The van der Waals surface area contributed by atoms with Gasteiger partial charge in [-0.2, -0.15) is 74.6 Å². The molecule has 3 nitrogen and oxygen atoms in total. The molecule has 1 rings (SSSR count). The lowest BCUT2D eigenvalue weighted by Gasteiger charge is -2.42. The molecule has 264 valence electrons. The fourth-order valence-electron chi connectivity index (χ4n) is 3.55. The van der Waals surface area contributed by atoms with Crippen molar-refractivity contribution in [3.05, 3.63) is 24.3 Å². The van der Waals surface area contributed by atoms with Crippen LogP contribution in [0.15, 0.2) is 29.2 Å². The molecule has 0 aliphatic carbocycles. The van der Waals surface area contributed by atoms with Crippen molar-refractivity contribution in [2.75, 3.05) is 12.4 Å². The van der Waals surface area contributed by atoms with Crippen LogP contribution in [-0.4, -0.2) is 68.4 Å². The number of sulfone groups is 1. The summed E-state index contributed by atoms with van der Waals surface area (Å²) in [5, 5.41) is 0. The van der Waals surface area contributed by atoms with Crippen molar-refractivity contribution < 1.29 is 87.8 Å². The summed E-state index contributed by atoms with van der Waals surface area (Å²) in [6.45, 7) is 2.17. The molecule has 0 bridgehead atoms. The molecule has 0 aromatic heterocycles. The average molecular weight is 716 g/mol. The lowest BCUT2D eigenvalue weighted by atomic mass is 9.88. The Kier molecular flexibility index (Phi) is 12.2. The van der Waals surface area contributed by atoms with Crippen molar-refractivity contribution in [2.45, 2.75) is 104 Å². The van der Waals surface area contributed by atoms with Crippen LogP contribution in [0.3, 0.4) is 0 Å². The van der Waals surface area contributed by atoms with Gasteiger partial charge < -0.3 is 4.74 Å². The number of benzene rings is 1. The summed E-state index contributed by atoms with van der Waals surface area (Å²) >= 11 is 0. The van der Waals surface area contributed by atoms with Crippen molar-refractivity contribution in [1.29, 1.82) is 0 Å². The molecule has 0 saturated carbocycles. The van der Waals surface area contributed by atoms with Gasteiger partial charge in [0.05, 0.1) is 17.3 Å². The molecule has 0 heterocycles. The van der Waals surface area contributed by atoms with Gasteiger partial charge in [0.2, 0.25) is 0 Å². The van der Waals surface area contributed by atoms with E-state index in [2.05, 4.69) is 0 Å². The summed E-state index contributed by atoms with van der Waals surface area (Å²) in [4.78, 5) is -0.939. The molecule has 0 atom stereocenters. The van der Waals surface area contributed by atoms with E-state index in [1.54, 1.807) is 0 Å². The number of hydrogen-bond acceptors (Lipinski definition) is 3. The first kappa shape index (κ1) is 40.8. The molecule has 45 heavy (non-hydrogen) atoms. The zero-order valence-electron chi connectivity index (χ0n) is 22.7. The predicted octanol–water partition coefficient (Wildman–Crippen LogP) is 9.60. The molecule has 0 spiro atoms. The van der Waals surface area contributed by atoms with Gasteiger partial charge in [-0.25, -0.2) is 8.42 Å². The van der Waals surface area contributed by atoms with Gasteiger partial charge in [-0.15, -0.1) is 0 Å². The molecule has 0 amide bonds. The van der Waals surface area contributed by atoms with Gasteiger partial charge in [-0.3, -0.25) is 0 Å². The molecule has 1 aromatic carbocycles. The molecule has 0 saturated heterocycles. The highest BCUT2D eigenvalue weighted by molar-refractivity contribution is 7.91. The van der Waals surface area contributed by atoms with Crippen LogP contribution in [0.4, 0.5) is 74.6 Å². The SMILES string of the molecule is CCCCCCCCOc1ccc(S(=O)(=O)CCC(F)(F)C(F)(F)C(F)(F)C(F)(F)C(F)(F)C(F)(F)C(F)(F)C(F)(F)F)cc1. The van der Waals surface area contributed by atoms with Crippen molar-refractivity contribution in [3.63, 3.8) is 0 Å². The minimum Gasteiger partial charge on any atom is -0.494 e. The second-order valence-corrected chi connectivity index (χ2v) is 11.9. The lowest BCUT2D eigenvalue weighted by Crippen LogP contribution is -2.74. The molecular weight excluding hydrogens is 691 g/mol. The summed E-state index contributed by atoms with van der Waals surface area (Å²) in [5.41, 5.74) is 0. The van der Waals surface area contributed by atoms with Crippen LogP contribution in [0.2, 0.25) is 0 Å². The van der Waals surface area contributed by atoms with Crippen molar-refractivity contribution in [2.24, 2.45) is 0 Å². The normalized spacial score (nSPS) is 15.0. The third kappa shape index (κ3) is 7.68. The number of alkyl halides is 17. The lowest BCUT2D eigenvalue weighted by molar-refractivity contribution is -0.461. The van der Waals surface area contributed by atoms with Crippen LogP contribution in [0.1, 0.15) is 51.9 Å². The molecule has 0 aliphatic heterocycles. The van der Waals surface area contributed by atoms with E-state index in [-0.39, 0.29) is 12.4 Å². The number of halogens is 17. The molecular formula is C24H25F17O3S. The predicted molar refractivity (Wildman–Crippen MR) is 123 cm³/mol. The Labute approximate surface area is 245 Å². The topological polar surface area (TPSA) is 43.4 Å². The number of unbranched alkanes of at least 4 members (excludes halogenated alkanes) is 5. The van der Waals surface area contributed by atoms with Gasteiger partial charge in [0.25, 0.3) is 0 Å². The molecule has 21 heteroatoms. The zero-order chi connectivity index (χ0) is 35.6. The Morgan fingerprint density at radius 2 is 0.956 bits per heavy atom. The highest BCUT2D eigenvalue weighted by Gasteiger charge is 2.95. The highest BCUT2D eigenvalue weighted by Crippen LogP contribution is 2.64. The molecule has 0 N–H and O–H groups in total. The summed E-state index contributed by atoms with van der Waals surface area (Å²) in [5.74, 6) is -59.7. The standard InChI is InChI=1S/C24H25F17O3S/c1-2-3-4-5-6-7-13-44-15-8-10-16(11-9-15)45(42,43)14-12-17(25,26)18(27,28)19(29,30)20(31,32)21(33,34)22(35,36)23(37,38)24(39,40)41/h8-11H,2-7,12-14H2,1H3. The highest BCUT2D eigenvalue weighted by atomic mass is 32.2. The Balaban J connectivity index is 3.15. The Hall–Kier alpha value is -2.22. The van der Waals surface area contributed by atoms with Crippen molar-refractivity contribution in [1.82, 2.24) is 0 Å². The van der Waals surface area contributed by atoms with Crippen LogP contribution >= 0.6 is 0 Å². The third-order valence-electron chi connectivity index (χ3n) is 6.42. The average Bonchev–Trinajstić information content (AvgIpc) is 2.90. The smallest absolute Gasteiger partial charge is 0.460 e. The maximum Gasteiger partial charge on any atom is 0.460 e. The van der Waals surface area contributed by atoms with E-state index in [9.17, 15) is 83.1 Å². The van der Waals surface area contributed by atoms with E-state index in [4.69, 9.17) is 4.74 Å². The molecule has 0 aliphatic rings. The van der Waals surface area contributed by atoms with Crippen LogP contribution in [0.5, 0.6) is 5.75 Å². The monoisotopic (exact) mass is 716 g/mol. The van der Waals surface area contributed by atoms with Crippen LogP contribution in [0, 0.1) is 0 Å². The van der Waals surface area contributed by atoms with Gasteiger partial charge in [-0.1, -0.05) is 39.0 Å². The van der Waals surface area contributed by atoms with E-state index < -0.39 is 74.5 Å². The minimum absolute atomic E-state index is 0.0371. The van der Waals surface area contributed by atoms with E-state index in [1.165, 1.54) is 0 Å². The van der Waals surface area contributed by atoms with Crippen LogP contribution in [-0.2, 0) is 9.84 Å². The fourth-order valence-corrected chi connectivity index (χ4v) is 4.86. The molecule has 1 aromatic rings. The minimum atomic E-state index is -8.74. The van der Waals surface area contributed by atoms with Crippen molar-refractivity contribution in [3.8, 4) is 5.75 Å². The van der Waals surface area contributed by atoms with E-state index >= 15 is 0 Å². The molecule has 0 fully saturated rings. The van der Waals surface area contributed by atoms with Gasteiger partial charge >= 0.3 is 47.6 Å². The molecule has 0 radical (unpaired) electrons. The van der Waals surface area contributed by atoms with Gasteiger partial charge in [0.15, 0.2) is 9.84 Å². The number of rotatable bonds is 18. The van der Waals surface area contributed by atoms with E-state index in [0.29, 0.717) is 18.6 Å². The van der Waals surface area contributed by atoms with Crippen molar-refractivity contribution >= 4 is 9.84 Å². The van der Waals surface area contributed by atoms with Gasteiger partial charge in [0, 0.05) is 6.42 Å². The number of hydrogen-bond donors (Lipinski definition) is 0. The summed E-state index contributed by atoms with van der Waals surface area (Å²) in [7, 11) is -5.17. The first-order valence-electron chi connectivity index (χ1n) is 12.7. The summed E-state index contributed by atoms with van der Waals surface area (Å²) in [6, 6.07) is 3.28. The second-order valence-electron chi connectivity index (χ2n) is 9.81. The van der Waals surface area contributed by atoms with Crippen LogP contribution in [0.25, 0.3) is 0 Å². The maximum absolute atomic E-state index is 14.1. The molecule has 0 unspecified atom stereocenters. The summed E-state index contributed by atoms with van der Waals surface area (Å²) < 4.78 is 257. The van der Waals surface area contributed by atoms with E-state index in [1.807, 2.05) is 6.92 Å². The Morgan fingerprint density at radius 1 is 0.556 bits per heavy atom. The Bertz CT molecular complexity index is 1210. The summed E-state index contributed by atoms with van der Waals surface area (Å²) in [6.07, 6.45) is -5.61. The first-order chi connectivity index (χ1) is 20.0. The quantitative estimate of drug-likeness (QED) is 0.112. The largest absolute Gasteiger partial charge is 0.494 e. The number of ether oxygens (including phenoxy) is 1.